The van der Waals surface area contributed by atoms with Crippen LogP contribution in [0.1, 0.15) is 89.8 Å². The topological polar surface area (TPSA) is 304 Å². The number of amides is 6. The molecule has 2 rings (SSSR count). The lowest BCUT2D eigenvalue weighted by atomic mass is 9.85. The van der Waals surface area contributed by atoms with Crippen LogP contribution in [0.15, 0.2) is 54.6 Å². The lowest BCUT2D eigenvalue weighted by molar-refractivity contribution is -0.142. The maximum Gasteiger partial charge on any atom is 0.305 e. The van der Waals surface area contributed by atoms with Crippen LogP contribution < -0.4 is 31.9 Å². The van der Waals surface area contributed by atoms with E-state index in [-0.39, 0.29) is 24.5 Å². The molecule has 0 fully saturated rings. The van der Waals surface area contributed by atoms with Gasteiger partial charge in [0, 0.05) is 30.8 Å². The molecule has 19 nitrogen and oxygen atoms in total. The van der Waals surface area contributed by atoms with E-state index in [2.05, 4.69) is 31.9 Å². The standard InChI is InChI=1S/C45H62N6O13S/c1-26(2)20-32(41(61)46-30(23-52)25-65-24-28-13-8-7-9-14-28)50-44(64)39(45(4,5)6)51-43(63)33(21-29-15-11-10-12-27(29)3)49-40(60)31(16-18-36(54)55)48-42(62)34(22-38(58)59)47-35(53)17-19-37(56)57/h7-15,23,26,30-34,39H,16-22,24-25H2,1-6H3,(H,46,61)(H,47,53)(H,48,62)(H,49,60)(H,50,64)(H,51,63)(H,54,55)(H,56,57)(H,58,59)/t30?,31-,32-,33-,34-,39+/m0/s1. The average Bonchev–Trinajstić information content (AvgIpc) is 3.22. The summed E-state index contributed by atoms with van der Waals surface area (Å²) in [4.78, 5) is 128. The van der Waals surface area contributed by atoms with Crippen molar-refractivity contribution < 1.29 is 63.3 Å². The van der Waals surface area contributed by atoms with Crippen molar-refractivity contribution in [2.75, 3.05) is 5.75 Å². The first-order chi connectivity index (χ1) is 30.5. The first-order valence-electron chi connectivity index (χ1n) is 21.1. The second-order valence-corrected chi connectivity index (χ2v) is 18.1. The minimum Gasteiger partial charge on any atom is -0.481 e. The van der Waals surface area contributed by atoms with E-state index in [1.807, 2.05) is 44.2 Å². The molecule has 0 heterocycles. The molecule has 0 aliphatic heterocycles. The summed E-state index contributed by atoms with van der Waals surface area (Å²) < 4.78 is 0. The molecule has 2 aromatic carbocycles. The summed E-state index contributed by atoms with van der Waals surface area (Å²) in [5.74, 6) is -8.86. The van der Waals surface area contributed by atoms with Crippen molar-refractivity contribution in [1.29, 1.82) is 0 Å². The van der Waals surface area contributed by atoms with Gasteiger partial charge in [-0.2, -0.15) is 11.8 Å². The van der Waals surface area contributed by atoms with Gasteiger partial charge in [0.25, 0.3) is 0 Å². The molecule has 6 atom stereocenters. The molecule has 0 aromatic heterocycles. The molecule has 20 heteroatoms. The average molecular weight is 927 g/mol. The van der Waals surface area contributed by atoms with Gasteiger partial charge >= 0.3 is 17.9 Å². The zero-order valence-corrected chi connectivity index (χ0v) is 38.3. The normalized spacial score (nSPS) is 14.0. The van der Waals surface area contributed by atoms with Crippen molar-refractivity contribution in [3.05, 3.63) is 71.3 Å². The van der Waals surface area contributed by atoms with Crippen LogP contribution in [0.2, 0.25) is 0 Å². The van der Waals surface area contributed by atoms with E-state index in [0.717, 1.165) is 11.1 Å². The summed E-state index contributed by atoms with van der Waals surface area (Å²) in [6, 6.07) is 8.24. The summed E-state index contributed by atoms with van der Waals surface area (Å²) in [6.07, 6.45) is -2.74. The molecule has 2 aromatic rings. The number of hydrogen-bond acceptors (Lipinski definition) is 11. The van der Waals surface area contributed by atoms with Gasteiger partial charge in [-0.15, -0.1) is 0 Å². The Morgan fingerprint density at radius 1 is 0.631 bits per heavy atom. The fraction of sp³-hybridized carbons (Fsp3) is 0.511. The predicted octanol–water partition coefficient (Wildman–Crippen LogP) is 1.88. The van der Waals surface area contributed by atoms with Crippen LogP contribution in [0.25, 0.3) is 0 Å². The molecular weight excluding hydrogens is 865 g/mol. The molecule has 0 saturated heterocycles. The Morgan fingerprint density at radius 2 is 1.18 bits per heavy atom. The molecule has 1 unspecified atom stereocenters. The number of carbonyl (C=O) groups is 10. The van der Waals surface area contributed by atoms with Crippen LogP contribution >= 0.6 is 11.8 Å². The molecule has 0 aliphatic rings. The Labute approximate surface area is 382 Å². The van der Waals surface area contributed by atoms with Crippen molar-refractivity contribution in [3.63, 3.8) is 0 Å². The first kappa shape index (κ1) is 54.8. The summed E-state index contributed by atoms with van der Waals surface area (Å²) in [5.41, 5.74) is 1.37. The van der Waals surface area contributed by atoms with Crippen LogP contribution in [0, 0.1) is 18.3 Å². The first-order valence-corrected chi connectivity index (χ1v) is 22.2. The summed E-state index contributed by atoms with van der Waals surface area (Å²) >= 11 is 1.45. The van der Waals surface area contributed by atoms with Gasteiger partial charge in [-0.05, 0) is 47.8 Å². The zero-order chi connectivity index (χ0) is 48.9. The molecule has 356 valence electrons. The van der Waals surface area contributed by atoms with Crippen LogP contribution in [0.3, 0.4) is 0 Å². The highest BCUT2D eigenvalue weighted by Crippen LogP contribution is 2.21. The van der Waals surface area contributed by atoms with Crippen LogP contribution in [-0.2, 0) is 60.1 Å². The Kier molecular flexibility index (Phi) is 22.9. The highest BCUT2D eigenvalue weighted by Gasteiger charge is 2.38. The van der Waals surface area contributed by atoms with E-state index in [4.69, 9.17) is 5.11 Å². The van der Waals surface area contributed by atoms with Crippen LogP contribution in [0.5, 0.6) is 0 Å². The minimum atomic E-state index is -1.80. The number of benzene rings is 2. The van der Waals surface area contributed by atoms with Gasteiger partial charge in [-0.25, -0.2) is 0 Å². The summed E-state index contributed by atoms with van der Waals surface area (Å²) in [5, 5.41) is 42.9. The SMILES string of the molecule is Cc1ccccc1C[C@H](NC(=O)[C@H](CCC(=O)O)NC(=O)[C@H](CC(=O)O)NC(=O)CCC(=O)O)C(=O)N[C@H](C(=O)N[C@@H](CC(C)C)C(=O)NC(C=O)CSCc1ccccc1)C(C)(C)C. The van der Waals surface area contributed by atoms with Crippen molar-refractivity contribution >= 4 is 71.4 Å². The van der Waals surface area contributed by atoms with E-state index >= 15 is 0 Å². The van der Waals surface area contributed by atoms with Crippen LogP contribution in [-0.4, -0.2) is 117 Å². The predicted molar refractivity (Wildman–Crippen MR) is 240 cm³/mol. The Balaban J connectivity index is 2.41. The number of aliphatic carboxylic acids is 3. The molecule has 0 aliphatic carbocycles. The molecule has 0 radical (unpaired) electrons. The Hall–Kier alpha value is -6.31. The van der Waals surface area contributed by atoms with Gasteiger partial charge in [-0.3, -0.25) is 43.2 Å². The number of carboxylic acids is 3. The molecule has 0 saturated carbocycles. The Morgan fingerprint density at radius 3 is 1.75 bits per heavy atom. The highest BCUT2D eigenvalue weighted by atomic mass is 32.2. The number of carboxylic acid groups (broad SMARTS) is 3. The van der Waals surface area contributed by atoms with E-state index < -0.39 is 127 Å². The third-order valence-corrected chi connectivity index (χ3v) is 11.0. The smallest absolute Gasteiger partial charge is 0.305 e. The lowest BCUT2D eigenvalue weighted by Crippen LogP contribution is -2.62. The quantitative estimate of drug-likeness (QED) is 0.0551. The summed E-state index contributed by atoms with van der Waals surface area (Å²) in [7, 11) is 0. The fourth-order valence-corrected chi connectivity index (χ4v) is 7.33. The van der Waals surface area contributed by atoms with Gasteiger partial charge < -0.3 is 52.0 Å². The molecular formula is C45H62N6O13S. The fourth-order valence-electron chi connectivity index (χ4n) is 6.37. The number of carbonyl (C=O) groups excluding carboxylic acids is 7. The maximum atomic E-state index is 14.3. The third kappa shape index (κ3) is 20.8. The molecule has 0 spiro atoms. The van der Waals surface area contributed by atoms with Crippen molar-refractivity contribution in [2.24, 2.45) is 11.3 Å². The van der Waals surface area contributed by atoms with Gasteiger partial charge in [0.05, 0.1) is 18.9 Å². The van der Waals surface area contributed by atoms with Crippen molar-refractivity contribution in [1.82, 2.24) is 31.9 Å². The van der Waals surface area contributed by atoms with Crippen molar-refractivity contribution in [2.45, 2.75) is 128 Å². The molecule has 0 bridgehead atoms. The minimum absolute atomic E-state index is 0.0910. The Bertz CT molecular complexity index is 1990. The highest BCUT2D eigenvalue weighted by molar-refractivity contribution is 7.98. The second kappa shape index (κ2) is 27.1. The van der Waals surface area contributed by atoms with Crippen LogP contribution in [0.4, 0.5) is 0 Å². The van der Waals surface area contributed by atoms with Crippen molar-refractivity contribution in [3.8, 4) is 0 Å². The zero-order valence-electron chi connectivity index (χ0n) is 37.5. The number of thioether (sulfide) groups is 1. The summed E-state index contributed by atoms with van der Waals surface area (Å²) in [6.45, 7) is 10.5. The number of aldehydes is 1. The molecule has 6 amide bonds. The molecule has 9 N–H and O–H groups in total. The van der Waals surface area contributed by atoms with Gasteiger partial charge in [0.2, 0.25) is 35.4 Å². The van der Waals surface area contributed by atoms with Gasteiger partial charge in [0.15, 0.2) is 0 Å². The number of rotatable bonds is 28. The van der Waals surface area contributed by atoms with E-state index in [9.17, 15) is 58.2 Å². The second-order valence-electron chi connectivity index (χ2n) is 17.0. The maximum absolute atomic E-state index is 14.3. The van der Waals surface area contributed by atoms with E-state index in [1.54, 1.807) is 52.0 Å². The number of hydrogen-bond donors (Lipinski definition) is 9. The largest absolute Gasteiger partial charge is 0.481 e. The lowest BCUT2D eigenvalue weighted by Gasteiger charge is -2.33. The van der Waals surface area contributed by atoms with E-state index in [1.165, 1.54) is 11.8 Å². The van der Waals surface area contributed by atoms with Gasteiger partial charge in [0.1, 0.15) is 36.5 Å². The van der Waals surface area contributed by atoms with E-state index in [0.29, 0.717) is 17.6 Å². The van der Waals surface area contributed by atoms with Gasteiger partial charge in [-0.1, -0.05) is 89.2 Å². The number of nitrogens with one attached hydrogen (secondary N) is 6. The number of aryl methyl sites for hydroxylation is 1. The monoisotopic (exact) mass is 926 g/mol. The molecule has 65 heavy (non-hydrogen) atoms. The third-order valence-electron chi connectivity index (χ3n) is 9.85.